The molecular weight excluding hydrogens is 264 g/mol. The minimum atomic E-state index is 1.09. The van der Waals surface area contributed by atoms with Crippen molar-refractivity contribution in [2.45, 2.75) is 129 Å². The topological polar surface area (TPSA) is 0 Å². The quantitative estimate of drug-likeness (QED) is 0.283. The highest BCUT2D eigenvalue weighted by atomic mass is 14.3. The molecule has 0 heterocycles. The van der Waals surface area contributed by atoms with Crippen LogP contribution in [0.1, 0.15) is 129 Å². The molecule has 0 saturated heterocycles. The second-order valence-corrected chi connectivity index (χ2v) is 8.00. The Morgan fingerprint density at radius 1 is 0.455 bits per heavy atom. The third-order valence-corrected chi connectivity index (χ3v) is 5.90. The van der Waals surface area contributed by atoms with Crippen molar-refractivity contribution < 1.29 is 0 Å². The van der Waals surface area contributed by atoms with Crippen molar-refractivity contribution in [2.75, 3.05) is 0 Å². The zero-order chi connectivity index (χ0) is 15.9. The highest BCUT2D eigenvalue weighted by Crippen LogP contribution is 2.34. The Morgan fingerprint density at radius 2 is 0.773 bits per heavy atom. The predicted octanol–water partition coefficient (Wildman–Crippen LogP) is 8.29. The first-order valence-electron chi connectivity index (χ1n) is 10.9. The van der Waals surface area contributed by atoms with Crippen LogP contribution < -0.4 is 0 Å². The molecule has 0 spiro atoms. The van der Waals surface area contributed by atoms with Crippen molar-refractivity contribution in [2.24, 2.45) is 11.8 Å². The van der Waals surface area contributed by atoms with Gasteiger partial charge in [0.1, 0.15) is 0 Å². The molecule has 0 heteroatoms. The molecule has 0 aliphatic heterocycles. The minimum absolute atomic E-state index is 1.09. The third kappa shape index (κ3) is 10.7. The van der Waals surface area contributed by atoms with E-state index < -0.39 is 0 Å². The summed E-state index contributed by atoms with van der Waals surface area (Å²) in [5.74, 6) is 2.18. The van der Waals surface area contributed by atoms with Gasteiger partial charge in [-0.1, -0.05) is 129 Å². The van der Waals surface area contributed by atoms with Crippen molar-refractivity contribution >= 4 is 0 Å². The lowest BCUT2D eigenvalue weighted by atomic mass is 9.78. The van der Waals surface area contributed by atoms with Gasteiger partial charge in [-0.2, -0.15) is 0 Å². The summed E-state index contributed by atoms with van der Waals surface area (Å²) in [6, 6.07) is 0. The molecule has 0 atom stereocenters. The van der Waals surface area contributed by atoms with E-state index in [4.69, 9.17) is 0 Å². The SMILES string of the molecule is CCCCCCCCC1CCC(CCCCCCCC)CC1. The summed E-state index contributed by atoms with van der Waals surface area (Å²) < 4.78 is 0. The zero-order valence-corrected chi connectivity index (χ0v) is 15.9. The Labute approximate surface area is 141 Å². The minimum Gasteiger partial charge on any atom is -0.0654 e. The predicted molar refractivity (Wildman–Crippen MR) is 101 cm³/mol. The number of hydrogen-bond donors (Lipinski definition) is 0. The van der Waals surface area contributed by atoms with Gasteiger partial charge in [0.2, 0.25) is 0 Å². The van der Waals surface area contributed by atoms with E-state index >= 15 is 0 Å². The number of unbranched alkanes of at least 4 members (excludes halogenated alkanes) is 10. The van der Waals surface area contributed by atoms with Gasteiger partial charge in [-0.3, -0.25) is 0 Å². The molecule has 1 aliphatic rings. The highest BCUT2D eigenvalue weighted by Gasteiger charge is 2.20. The average molecular weight is 309 g/mol. The zero-order valence-electron chi connectivity index (χ0n) is 15.9. The van der Waals surface area contributed by atoms with Crippen molar-refractivity contribution in [1.29, 1.82) is 0 Å². The van der Waals surface area contributed by atoms with Gasteiger partial charge in [-0.05, 0) is 11.8 Å². The summed E-state index contributed by atoms with van der Waals surface area (Å²) in [4.78, 5) is 0. The van der Waals surface area contributed by atoms with Crippen LogP contribution in [0.5, 0.6) is 0 Å². The number of rotatable bonds is 14. The summed E-state index contributed by atoms with van der Waals surface area (Å²) in [6.45, 7) is 4.62. The first-order chi connectivity index (χ1) is 10.9. The van der Waals surface area contributed by atoms with Gasteiger partial charge in [0.25, 0.3) is 0 Å². The maximum absolute atomic E-state index is 2.31. The van der Waals surface area contributed by atoms with Gasteiger partial charge in [-0.15, -0.1) is 0 Å². The van der Waals surface area contributed by atoms with Gasteiger partial charge in [0.05, 0.1) is 0 Å². The summed E-state index contributed by atoms with van der Waals surface area (Å²) in [6.07, 6.45) is 26.9. The third-order valence-electron chi connectivity index (χ3n) is 5.90. The lowest BCUT2D eigenvalue weighted by Crippen LogP contribution is -2.14. The van der Waals surface area contributed by atoms with Gasteiger partial charge in [0, 0.05) is 0 Å². The summed E-state index contributed by atoms with van der Waals surface area (Å²) >= 11 is 0. The maximum atomic E-state index is 2.31. The van der Waals surface area contributed by atoms with Crippen molar-refractivity contribution in [3.63, 3.8) is 0 Å². The van der Waals surface area contributed by atoms with Crippen LogP contribution in [0.4, 0.5) is 0 Å². The van der Waals surface area contributed by atoms with Gasteiger partial charge in [-0.25, -0.2) is 0 Å². The van der Waals surface area contributed by atoms with E-state index in [2.05, 4.69) is 13.8 Å². The summed E-state index contributed by atoms with van der Waals surface area (Å²) in [5.41, 5.74) is 0. The van der Waals surface area contributed by atoms with Gasteiger partial charge >= 0.3 is 0 Å². The highest BCUT2D eigenvalue weighted by molar-refractivity contribution is 4.72. The first-order valence-corrected chi connectivity index (χ1v) is 10.9. The fourth-order valence-corrected chi connectivity index (χ4v) is 4.24. The second kappa shape index (κ2) is 14.6. The van der Waals surface area contributed by atoms with Crippen LogP contribution >= 0.6 is 0 Å². The molecule has 132 valence electrons. The molecule has 0 aromatic heterocycles. The van der Waals surface area contributed by atoms with E-state index in [1.807, 2.05) is 0 Å². The Kier molecular flexibility index (Phi) is 13.3. The van der Waals surface area contributed by atoms with Crippen LogP contribution in [0.25, 0.3) is 0 Å². The Balaban J connectivity index is 1.88. The van der Waals surface area contributed by atoms with Crippen LogP contribution in [-0.2, 0) is 0 Å². The van der Waals surface area contributed by atoms with Crippen LogP contribution in [0.2, 0.25) is 0 Å². The molecule has 1 saturated carbocycles. The molecule has 0 nitrogen and oxygen atoms in total. The Hall–Kier alpha value is 0. The maximum Gasteiger partial charge on any atom is -0.0414 e. The van der Waals surface area contributed by atoms with E-state index in [0.717, 1.165) is 11.8 Å². The normalized spacial score (nSPS) is 22.1. The van der Waals surface area contributed by atoms with Gasteiger partial charge in [0.15, 0.2) is 0 Å². The molecule has 1 fully saturated rings. The Morgan fingerprint density at radius 3 is 1.14 bits per heavy atom. The molecule has 1 aliphatic carbocycles. The summed E-state index contributed by atoms with van der Waals surface area (Å²) in [5, 5.41) is 0. The fourth-order valence-electron chi connectivity index (χ4n) is 4.24. The van der Waals surface area contributed by atoms with E-state index in [9.17, 15) is 0 Å². The average Bonchev–Trinajstić information content (AvgIpc) is 2.55. The van der Waals surface area contributed by atoms with E-state index in [0.29, 0.717) is 0 Å². The molecule has 0 unspecified atom stereocenters. The molecule has 0 amide bonds. The summed E-state index contributed by atoms with van der Waals surface area (Å²) in [7, 11) is 0. The molecule has 1 rings (SSSR count). The largest absolute Gasteiger partial charge is 0.0654 e. The number of hydrogen-bond acceptors (Lipinski definition) is 0. The fraction of sp³-hybridized carbons (Fsp3) is 1.00. The molecule has 0 N–H and O–H groups in total. The lowest BCUT2D eigenvalue weighted by Gasteiger charge is -2.28. The standard InChI is InChI=1S/C22H44/c1-3-5-7-9-11-13-15-21-17-19-22(20-18-21)16-14-12-10-8-6-4-2/h21-22H,3-20H2,1-2H3. The smallest absolute Gasteiger partial charge is 0.0414 e. The van der Waals surface area contributed by atoms with Gasteiger partial charge < -0.3 is 0 Å². The van der Waals surface area contributed by atoms with E-state index in [1.165, 1.54) is 89.9 Å². The van der Waals surface area contributed by atoms with Crippen LogP contribution in [0.3, 0.4) is 0 Å². The Bertz CT molecular complexity index is 188. The van der Waals surface area contributed by atoms with Crippen molar-refractivity contribution in [1.82, 2.24) is 0 Å². The molecule has 0 aromatic carbocycles. The molecular formula is C22H44. The van der Waals surface area contributed by atoms with E-state index in [-0.39, 0.29) is 0 Å². The van der Waals surface area contributed by atoms with Crippen LogP contribution in [-0.4, -0.2) is 0 Å². The van der Waals surface area contributed by atoms with Crippen molar-refractivity contribution in [3.8, 4) is 0 Å². The molecule has 0 bridgehead atoms. The van der Waals surface area contributed by atoms with E-state index in [1.54, 1.807) is 25.7 Å². The van der Waals surface area contributed by atoms with Crippen molar-refractivity contribution in [3.05, 3.63) is 0 Å². The van der Waals surface area contributed by atoms with Crippen LogP contribution in [0, 0.1) is 11.8 Å². The van der Waals surface area contributed by atoms with Crippen LogP contribution in [0.15, 0.2) is 0 Å². The molecule has 0 aromatic rings. The first kappa shape index (κ1) is 20.0. The second-order valence-electron chi connectivity index (χ2n) is 8.00. The lowest BCUT2D eigenvalue weighted by molar-refractivity contribution is 0.244. The monoisotopic (exact) mass is 308 g/mol. The molecule has 22 heavy (non-hydrogen) atoms. The molecule has 0 radical (unpaired) electrons.